The third-order valence-corrected chi connectivity index (χ3v) is 5.61. The van der Waals surface area contributed by atoms with Gasteiger partial charge < -0.3 is 4.90 Å². The fourth-order valence-electron chi connectivity index (χ4n) is 3.39. The highest BCUT2D eigenvalue weighted by molar-refractivity contribution is 7.15. The summed E-state index contributed by atoms with van der Waals surface area (Å²) >= 11 is 1.46. The molecule has 0 spiro atoms. The van der Waals surface area contributed by atoms with Crippen molar-refractivity contribution in [2.24, 2.45) is 0 Å². The standard InChI is InChI=1S/C19H21N5O2S/c1-13-3-4-16(14(2)20-13)18(26)23-7-5-22(6-8-23)12-15-11-17(25)24-9-10-27-19(24)21-15/h3-4,9-11H,5-8,12H2,1-2H3. The largest absolute Gasteiger partial charge is 0.336 e. The molecule has 1 amide bonds. The van der Waals surface area contributed by atoms with E-state index in [4.69, 9.17) is 0 Å². The third kappa shape index (κ3) is 3.63. The number of carbonyl (C=O) groups is 1. The second-order valence-electron chi connectivity index (χ2n) is 6.80. The second-order valence-corrected chi connectivity index (χ2v) is 7.67. The molecular weight excluding hydrogens is 362 g/mol. The number of amides is 1. The van der Waals surface area contributed by atoms with Gasteiger partial charge in [-0.15, -0.1) is 11.3 Å². The molecule has 0 aromatic carbocycles. The predicted octanol–water partition coefficient (Wildman–Crippen LogP) is 1.73. The van der Waals surface area contributed by atoms with Gasteiger partial charge in [-0.1, -0.05) is 0 Å². The molecule has 140 valence electrons. The van der Waals surface area contributed by atoms with Crippen LogP contribution < -0.4 is 5.56 Å². The summed E-state index contributed by atoms with van der Waals surface area (Å²) in [5.41, 5.74) is 3.09. The lowest BCUT2D eigenvalue weighted by atomic mass is 10.1. The number of aromatic nitrogens is 3. The molecule has 7 nitrogen and oxygen atoms in total. The molecule has 1 aliphatic heterocycles. The Morgan fingerprint density at radius 1 is 1.15 bits per heavy atom. The van der Waals surface area contributed by atoms with E-state index in [0.717, 1.165) is 30.2 Å². The summed E-state index contributed by atoms with van der Waals surface area (Å²) < 4.78 is 1.56. The van der Waals surface area contributed by atoms with Crippen molar-refractivity contribution >= 4 is 22.2 Å². The van der Waals surface area contributed by atoms with Crippen LogP contribution in [-0.2, 0) is 6.54 Å². The number of thiazole rings is 1. The summed E-state index contributed by atoms with van der Waals surface area (Å²) in [7, 11) is 0. The molecule has 0 saturated carbocycles. The van der Waals surface area contributed by atoms with Gasteiger partial charge in [-0.05, 0) is 26.0 Å². The van der Waals surface area contributed by atoms with E-state index >= 15 is 0 Å². The SMILES string of the molecule is Cc1ccc(C(=O)N2CCN(Cc3cc(=O)n4ccsc4n3)CC2)c(C)n1. The number of fused-ring (bicyclic) bond motifs is 1. The maximum absolute atomic E-state index is 12.8. The van der Waals surface area contributed by atoms with E-state index in [0.29, 0.717) is 30.2 Å². The Kier molecular flexibility index (Phi) is 4.75. The molecule has 0 aliphatic carbocycles. The lowest BCUT2D eigenvalue weighted by Gasteiger charge is -2.34. The first-order chi connectivity index (χ1) is 13.0. The Morgan fingerprint density at radius 3 is 2.67 bits per heavy atom. The Bertz CT molecular complexity index is 1050. The summed E-state index contributed by atoms with van der Waals surface area (Å²) in [4.78, 5) is 38.7. The van der Waals surface area contributed by atoms with Crippen LogP contribution in [0.5, 0.6) is 0 Å². The van der Waals surface area contributed by atoms with Gasteiger partial charge in [-0.2, -0.15) is 0 Å². The molecule has 4 rings (SSSR count). The highest BCUT2D eigenvalue weighted by Crippen LogP contribution is 2.14. The predicted molar refractivity (Wildman–Crippen MR) is 104 cm³/mol. The van der Waals surface area contributed by atoms with Gasteiger partial charge in [-0.25, -0.2) is 4.98 Å². The maximum atomic E-state index is 12.8. The molecule has 0 radical (unpaired) electrons. The van der Waals surface area contributed by atoms with Crippen LogP contribution >= 0.6 is 11.3 Å². The molecule has 1 saturated heterocycles. The van der Waals surface area contributed by atoms with Crippen molar-refractivity contribution in [2.75, 3.05) is 26.2 Å². The number of nitrogens with zero attached hydrogens (tertiary/aromatic N) is 5. The van der Waals surface area contributed by atoms with Crippen molar-refractivity contribution in [2.45, 2.75) is 20.4 Å². The molecule has 27 heavy (non-hydrogen) atoms. The van der Waals surface area contributed by atoms with Gasteiger partial charge in [0.2, 0.25) is 0 Å². The topological polar surface area (TPSA) is 70.8 Å². The normalized spacial score (nSPS) is 15.4. The molecule has 0 bridgehead atoms. The minimum Gasteiger partial charge on any atom is -0.336 e. The molecule has 0 atom stereocenters. The molecule has 1 fully saturated rings. The summed E-state index contributed by atoms with van der Waals surface area (Å²) in [6.45, 7) is 7.26. The van der Waals surface area contributed by atoms with E-state index < -0.39 is 0 Å². The average Bonchev–Trinajstić information content (AvgIpc) is 3.11. The monoisotopic (exact) mass is 383 g/mol. The second kappa shape index (κ2) is 7.21. The number of aryl methyl sites for hydroxylation is 2. The molecule has 3 aromatic heterocycles. The van der Waals surface area contributed by atoms with E-state index in [1.54, 1.807) is 16.7 Å². The first-order valence-electron chi connectivity index (χ1n) is 8.93. The molecule has 0 N–H and O–H groups in total. The number of hydrogen-bond acceptors (Lipinski definition) is 6. The van der Waals surface area contributed by atoms with Crippen molar-refractivity contribution in [1.29, 1.82) is 0 Å². The van der Waals surface area contributed by atoms with Crippen molar-refractivity contribution in [1.82, 2.24) is 24.2 Å². The summed E-state index contributed by atoms with van der Waals surface area (Å²) in [5, 5.41) is 1.86. The van der Waals surface area contributed by atoms with Crippen molar-refractivity contribution in [3.8, 4) is 0 Å². The average molecular weight is 383 g/mol. The van der Waals surface area contributed by atoms with Crippen LogP contribution in [0.1, 0.15) is 27.4 Å². The minimum absolute atomic E-state index is 0.0380. The number of hydrogen-bond donors (Lipinski definition) is 0. The van der Waals surface area contributed by atoms with Gasteiger partial charge in [0.05, 0.1) is 17.0 Å². The third-order valence-electron chi connectivity index (χ3n) is 4.86. The zero-order valence-electron chi connectivity index (χ0n) is 15.4. The maximum Gasteiger partial charge on any atom is 0.258 e. The van der Waals surface area contributed by atoms with E-state index in [2.05, 4.69) is 14.9 Å². The van der Waals surface area contributed by atoms with Gasteiger partial charge in [0, 0.05) is 56.1 Å². The summed E-state index contributed by atoms with van der Waals surface area (Å²) in [5.74, 6) is 0.0380. The van der Waals surface area contributed by atoms with Crippen molar-refractivity contribution < 1.29 is 4.79 Å². The zero-order valence-corrected chi connectivity index (χ0v) is 16.2. The molecule has 0 unspecified atom stereocenters. The van der Waals surface area contributed by atoms with Crippen LogP contribution in [0.4, 0.5) is 0 Å². The van der Waals surface area contributed by atoms with Gasteiger partial charge in [0.25, 0.3) is 11.5 Å². The number of rotatable bonds is 3. The number of piperazine rings is 1. The Morgan fingerprint density at radius 2 is 1.93 bits per heavy atom. The first kappa shape index (κ1) is 17.8. The lowest BCUT2D eigenvalue weighted by Crippen LogP contribution is -2.48. The van der Waals surface area contributed by atoms with E-state index in [-0.39, 0.29) is 11.5 Å². The van der Waals surface area contributed by atoms with Crippen LogP contribution in [0.3, 0.4) is 0 Å². The number of carbonyl (C=O) groups excluding carboxylic acids is 1. The highest BCUT2D eigenvalue weighted by atomic mass is 32.1. The van der Waals surface area contributed by atoms with Crippen LogP contribution in [-0.4, -0.2) is 56.3 Å². The molecular formula is C19H21N5O2S. The Balaban J connectivity index is 1.41. The molecule has 1 aliphatic rings. The Hall–Kier alpha value is -2.58. The van der Waals surface area contributed by atoms with Gasteiger partial charge in [0.15, 0.2) is 4.96 Å². The van der Waals surface area contributed by atoms with E-state index in [9.17, 15) is 9.59 Å². The first-order valence-corrected chi connectivity index (χ1v) is 9.81. The van der Waals surface area contributed by atoms with Crippen LogP contribution in [0.2, 0.25) is 0 Å². The molecule has 3 aromatic rings. The van der Waals surface area contributed by atoms with E-state index in [1.165, 1.54) is 11.3 Å². The fraction of sp³-hybridized carbons (Fsp3) is 0.368. The van der Waals surface area contributed by atoms with Gasteiger partial charge in [0.1, 0.15) is 0 Å². The smallest absolute Gasteiger partial charge is 0.258 e. The van der Waals surface area contributed by atoms with Gasteiger partial charge >= 0.3 is 0 Å². The Labute approximate surface area is 160 Å². The van der Waals surface area contributed by atoms with Crippen LogP contribution in [0.25, 0.3) is 4.96 Å². The minimum atomic E-state index is -0.0487. The van der Waals surface area contributed by atoms with E-state index in [1.807, 2.05) is 36.3 Å². The van der Waals surface area contributed by atoms with Crippen molar-refractivity contribution in [3.05, 3.63) is 62.8 Å². The lowest BCUT2D eigenvalue weighted by molar-refractivity contribution is 0.0626. The highest BCUT2D eigenvalue weighted by Gasteiger charge is 2.24. The molecule has 8 heteroatoms. The van der Waals surface area contributed by atoms with Crippen LogP contribution in [0, 0.1) is 13.8 Å². The van der Waals surface area contributed by atoms with Crippen LogP contribution in [0.15, 0.2) is 34.6 Å². The summed E-state index contributed by atoms with van der Waals surface area (Å²) in [6.07, 6.45) is 1.74. The zero-order chi connectivity index (χ0) is 19.0. The number of pyridine rings is 1. The molecule has 4 heterocycles. The van der Waals surface area contributed by atoms with Crippen molar-refractivity contribution in [3.63, 3.8) is 0 Å². The quantitative estimate of drug-likeness (QED) is 0.689. The fourth-order valence-corrected chi connectivity index (χ4v) is 4.13. The van der Waals surface area contributed by atoms with Gasteiger partial charge in [-0.3, -0.25) is 23.9 Å². The summed E-state index contributed by atoms with van der Waals surface area (Å²) in [6, 6.07) is 5.33.